The van der Waals surface area contributed by atoms with E-state index in [0.29, 0.717) is 11.8 Å². The molecule has 0 aromatic heterocycles. The van der Waals surface area contributed by atoms with Crippen molar-refractivity contribution in [2.75, 3.05) is 20.3 Å². The fraction of sp³-hybridized carbons (Fsp3) is 0.420. The van der Waals surface area contributed by atoms with E-state index in [4.69, 9.17) is 47.9 Å². The van der Waals surface area contributed by atoms with Crippen molar-refractivity contribution in [3.63, 3.8) is 0 Å². The fourth-order valence-corrected chi connectivity index (χ4v) is 19.8. The van der Waals surface area contributed by atoms with Gasteiger partial charge in [-0.1, -0.05) is 104 Å². The smallest absolute Gasteiger partial charge is 0.410 e. The zero-order valence-corrected chi connectivity index (χ0v) is 66.1. The van der Waals surface area contributed by atoms with Gasteiger partial charge in [-0.3, -0.25) is 43.3 Å². The summed E-state index contributed by atoms with van der Waals surface area (Å²) in [6.45, 7) is 2.71. The van der Waals surface area contributed by atoms with Gasteiger partial charge < -0.3 is 91.9 Å². The summed E-state index contributed by atoms with van der Waals surface area (Å²) in [5.74, 6) is -16.8. The normalized spacial score (nSPS) is 28.1. The third kappa shape index (κ3) is 16.3. The molecule has 0 unspecified atom stereocenters. The lowest BCUT2D eigenvalue weighted by Crippen LogP contribution is -2.56. The summed E-state index contributed by atoms with van der Waals surface area (Å²) in [6.07, 6.45) is -11.0. The molecule has 15 bridgehead atoms. The van der Waals surface area contributed by atoms with Crippen LogP contribution in [0.25, 0.3) is 22.3 Å². The summed E-state index contributed by atoms with van der Waals surface area (Å²) in [6, 6.07) is 21.2. The first-order valence-electron chi connectivity index (χ1n) is 39.7. The number of phenolic OH excluding ortho intramolecular Hbond substituents is 3. The summed E-state index contributed by atoms with van der Waals surface area (Å²) in [5.41, 5.74) is 8.16. The monoisotopic (exact) mass is 1650 g/mol. The van der Waals surface area contributed by atoms with Gasteiger partial charge >= 0.3 is 6.09 Å². The molecule has 14 atom stereocenters. The van der Waals surface area contributed by atoms with Gasteiger partial charge in [0.05, 0.1) is 28.0 Å². The number of Topliss-reactive ketones (excluding diaryl/α,β-unsaturated/α-hetero) is 3. The van der Waals surface area contributed by atoms with Gasteiger partial charge in [0.15, 0.2) is 28.8 Å². The second kappa shape index (κ2) is 33.6. The molecule has 0 spiro atoms. The summed E-state index contributed by atoms with van der Waals surface area (Å²) < 4.78 is 26.0. The van der Waals surface area contributed by atoms with E-state index in [1.165, 1.54) is 55.6 Å². The highest BCUT2D eigenvalue weighted by molar-refractivity contribution is 6.32. The van der Waals surface area contributed by atoms with E-state index < -0.39 is 198 Å². The van der Waals surface area contributed by atoms with Crippen molar-refractivity contribution in [2.24, 2.45) is 53.1 Å². The number of primary amides is 1. The number of hydrogen-bond donors (Lipinski definition) is 14. The Bertz CT molecular complexity index is 5100. The fourth-order valence-electron chi connectivity index (χ4n) is 19.4. The topological polar surface area (TPSA) is 450 Å². The molecule has 7 aromatic rings. The Labute approximate surface area is 687 Å². The number of amides is 6. The van der Waals surface area contributed by atoms with Gasteiger partial charge in [0.25, 0.3) is 0 Å². The number of rotatable bonds is 15. The number of nitrogens with two attached hydrogens (primary N) is 1. The first-order chi connectivity index (χ1) is 56.4. The number of likely N-dealkylation sites (N-methyl/N-ethyl adjacent to an activating group) is 1. The van der Waals surface area contributed by atoms with Crippen LogP contribution in [-0.4, -0.2) is 167 Å². The Morgan fingerprint density at radius 1 is 0.610 bits per heavy atom. The maximum atomic E-state index is 16.4. The van der Waals surface area contributed by atoms with Crippen LogP contribution in [0.2, 0.25) is 10.0 Å². The number of benzene rings is 7. The number of aliphatic hydroxyl groups is 6. The van der Waals surface area contributed by atoms with E-state index in [1.807, 2.05) is 48.5 Å². The van der Waals surface area contributed by atoms with Gasteiger partial charge in [-0.25, -0.2) is 4.79 Å². The third-order valence-corrected chi connectivity index (χ3v) is 25.7. The van der Waals surface area contributed by atoms with Crippen LogP contribution in [0.5, 0.6) is 46.0 Å². The number of aromatic hydroxyl groups is 3. The summed E-state index contributed by atoms with van der Waals surface area (Å²) in [5, 5.41) is 116. The molecule has 7 aromatic carbocycles. The van der Waals surface area contributed by atoms with Crippen LogP contribution in [0.4, 0.5) is 4.79 Å². The molecule has 30 heteroatoms. The molecular weight excluding hydrogens is 1560 g/mol. The number of nitrogens with zero attached hydrogens (tertiary/aromatic N) is 1. The standard InChI is InChI=1S/C88H92Cl2N6O22/c1-38(2)18-61(96(3)88(114)115-37-58-52-10-6-4-8-50(52)51-9-5-7-11-53(51)58)86(112)94-76-64(101)27-47(31-72(91)104)84(110)92-74-46-28-70(116-67-16-13-42(78(76)105)25-59(67)89)83(118-69-30-48(36-97)80(107)82(109)81(69)108)71(29-46)117-68-17-14-43(26-60(68)90)79(106)77-87(113)93-75(66(103)34-54-44-20-39-19-40(22-44)23-45(54)21-39)57-32-49(98)33-63(100)73(57)56-24-41(12-15-62(56)99)55(35-65(74)102)85(111)95-77/h4-17,24-26,28-29,32-33,38-40,44-45,47-48,54-55,58,61,69,74-82,97-100,105-109H,18-23,27,30-31,34-37H2,1-3H3,(H2,91,104)(H,92,110)(H,93,113)(H,94,112)(H,95,111)/t39?,40?,44?,45?,47-,48+,54?,55+,61+,69+,74+,75-,76-,77-,78+,79+,80+,81-,82-/m0/s1. The Morgan fingerprint density at radius 2 is 1.22 bits per heavy atom. The van der Waals surface area contributed by atoms with Crippen molar-refractivity contribution in [2.45, 2.75) is 163 Å². The Balaban J connectivity index is 0.852. The van der Waals surface area contributed by atoms with E-state index in [9.17, 15) is 55.5 Å². The van der Waals surface area contributed by atoms with E-state index >= 15 is 33.6 Å². The molecule has 11 aliphatic rings. The number of ketones is 3. The van der Waals surface area contributed by atoms with Gasteiger partial charge in [-0.05, 0) is 185 Å². The van der Waals surface area contributed by atoms with Gasteiger partial charge in [0, 0.05) is 68.4 Å². The average molecular weight is 1660 g/mol. The number of carbonyl (C=O) groups excluding carboxylic acids is 9. The molecule has 5 aliphatic heterocycles. The van der Waals surface area contributed by atoms with Gasteiger partial charge in [0.1, 0.15) is 96.1 Å². The first-order valence-corrected chi connectivity index (χ1v) is 40.5. The van der Waals surface area contributed by atoms with Gasteiger partial charge in [-0.15, -0.1) is 0 Å². The molecule has 18 rings (SSSR count). The molecule has 5 saturated carbocycles. The predicted octanol–water partition coefficient (Wildman–Crippen LogP) is 9.12. The summed E-state index contributed by atoms with van der Waals surface area (Å²) >= 11 is 14.4. The van der Waals surface area contributed by atoms with Crippen molar-refractivity contribution in [1.82, 2.24) is 26.2 Å². The molecule has 28 nitrogen and oxygen atoms in total. The molecule has 118 heavy (non-hydrogen) atoms. The largest absolute Gasteiger partial charge is 0.508 e. The summed E-state index contributed by atoms with van der Waals surface area (Å²) in [4.78, 5) is 139. The molecule has 5 fully saturated rings. The van der Waals surface area contributed by atoms with Crippen molar-refractivity contribution in [3.8, 4) is 68.2 Å². The predicted molar refractivity (Wildman–Crippen MR) is 425 cm³/mol. The Morgan fingerprint density at radius 3 is 1.82 bits per heavy atom. The molecule has 5 heterocycles. The molecule has 15 N–H and O–H groups in total. The minimum absolute atomic E-state index is 0.0348. The zero-order valence-electron chi connectivity index (χ0n) is 64.6. The van der Waals surface area contributed by atoms with E-state index in [2.05, 4.69) is 21.3 Å². The van der Waals surface area contributed by atoms with Crippen LogP contribution < -0.4 is 41.2 Å². The lowest BCUT2D eigenvalue weighted by Gasteiger charge is -2.54. The molecule has 6 aliphatic carbocycles. The van der Waals surface area contributed by atoms with Crippen LogP contribution in [-0.2, 0) is 43.1 Å². The van der Waals surface area contributed by atoms with E-state index in [1.54, 1.807) is 13.8 Å². The molecule has 620 valence electrons. The maximum absolute atomic E-state index is 16.4. The molecule has 0 saturated heterocycles. The molecular formula is C88H92Cl2N6O22. The highest BCUT2D eigenvalue weighted by atomic mass is 35.5. The number of fused-ring (bicyclic) bond motifs is 18. The average Bonchev–Trinajstić information content (AvgIpc) is 0.943. The Kier molecular flexibility index (Phi) is 23.5. The number of ether oxygens (including phenoxy) is 4. The van der Waals surface area contributed by atoms with Crippen LogP contribution in [0.3, 0.4) is 0 Å². The number of phenols is 3. The quantitative estimate of drug-likeness (QED) is 0.0455. The minimum Gasteiger partial charge on any atom is -0.508 e. The second-order valence-electron chi connectivity index (χ2n) is 33.3. The van der Waals surface area contributed by atoms with Crippen molar-refractivity contribution >= 4 is 76.2 Å². The lowest BCUT2D eigenvalue weighted by atomic mass is 9.51. The second-order valence-corrected chi connectivity index (χ2v) is 34.1. The van der Waals surface area contributed by atoms with Crippen LogP contribution in [0.15, 0.2) is 127 Å². The summed E-state index contributed by atoms with van der Waals surface area (Å²) in [7, 11) is 1.34. The molecule has 6 amide bonds. The Hall–Kier alpha value is -10.7. The molecule has 0 radical (unpaired) electrons. The van der Waals surface area contributed by atoms with Crippen LogP contribution >= 0.6 is 23.2 Å². The SMILES string of the molecule is CC(C)C[C@H](C(=O)N[C@H]1C(=O)C[C@@H](CC(N)=O)C(=O)N[C@H]2C(=O)C[C@H]3C(=O)N[C@H](C(=O)N[C@H](C(=O)CC4C5CC6CC(C5)CC4C6)c4cc(O)cc(O)c4-c4cc3ccc4O)[C@H](O)c3ccc(c(Cl)c3)Oc3cc2cc(c3O[C@@H]2C[C@H](CO)[C@@H](O)[C@H](O)[C@H]2O)Oc2ccc(cc2Cl)[C@H]1O)N(C)C(=O)OCC1c2ccccc2-c2ccccc21. The number of hydrogen-bond acceptors (Lipinski definition) is 22. The minimum atomic E-state index is -2.17. The first kappa shape index (κ1) is 82.4. The van der Waals surface area contributed by atoms with E-state index in [-0.39, 0.29) is 116 Å². The van der Waals surface area contributed by atoms with Crippen molar-refractivity contribution < 1.29 is 108 Å². The number of aliphatic hydroxyl groups excluding tert-OH is 6. The van der Waals surface area contributed by atoms with E-state index in [0.717, 1.165) is 89.6 Å². The van der Waals surface area contributed by atoms with Gasteiger partial charge in [-0.2, -0.15) is 0 Å². The van der Waals surface area contributed by atoms with Crippen LogP contribution in [0, 0.1) is 47.3 Å². The van der Waals surface area contributed by atoms with Crippen LogP contribution in [0.1, 0.15) is 160 Å². The zero-order chi connectivity index (χ0) is 83.7. The number of halogens is 2. The number of carbonyl (C=O) groups is 9. The third-order valence-electron chi connectivity index (χ3n) is 25.2. The van der Waals surface area contributed by atoms with Gasteiger partial charge in [0.2, 0.25) is 35.3 Å². The lowest BCUT2D eigenvalue weighted by molar-refractivity contribution is -0.157. The maximum Gasteiger partial charge on any atom is 0.410 e. The highest BCUT2D eigenvalue weighted by Crippen LogP contribution is 2.59. The van der Waals surface area contributed by atoms with Crippen molar-refractivity contribution in [3.05, 3.63) is 176 Å². The van der Waals surface area contributed by atoms with Crippen molar-refractivity contribution in [1.29, 1.82) is 0 Å². The highest BCUT2D eigenvalue weighted by Gasteiger charge is 2.51. The number of nitrogens with one attached hydrogen (secondary N) is 4.